The maximum atomic E-state index is 14.5. The van der Waals surface area contributed by atoms with Gasteiger partial charge in [0, 0.05) is 32.7 Å². The quantitative estimate of drug-likeness (QED) is 0.0731. The topological polar surface area (TPSA) is 114 Å². The molecule has 0 aliphatic rings. The predicted octanol–water partition coefficient (Wildman–Crippen LogP) is 8.18. The summed E-state index contributed by atoms with van der Waals surface area (Å²) in [6.45, 7) is 3.70. The van der Waals surface area contributed by atoms with Gasteiger partial charge in [0.05, 0.1) is 12.4 Å². The van der Waals surface area contributed by atoms with E-state index in [1.54, 1.807) is 67.6 Å². The average Bonchev–Trinajstić information content (AvgIpc) is 3.52. The molecule has 0 spiro atoms. The number of ether oxygens (including phenoxy) is 1. The number of nitrogens with one attached hydrogen (secondary N) is 3. The molecule has 0 radical (unpaired) electrons. The number of rotatable bonds is 11. The zero-order valence-corrected chi connectivity index (χ0v) is 28.4. The zero-order valence-electron chi connectivity index (χ0n) is 26.8. The monoisotopic (exact) mass is 693 g/mol. The molecule has 0 aliphatic carbocycles. The van der Waals surface area contributed by atoms with Crippen molar-refractivity contribution < 1.29 is 28.3 Å². The van der Waals surface area contributed by atoms with E-state index in [9.17, 15) is 23.6 Å². The number of carbonyl (C=O) groups excluding carboxylic acids is 4. The lowest BCUT2D eigenvalue weighted by Crippen LogP contribution is -2.30. The fourth-order valence-electron chi connectivity index (χ4n) is 4.71. The van der Waals surface area contributed by atoms with Crippen molar-refractivity contribution >= 4 is 63.6 Å². The van der Waals surface area contributed by atoms with Gasteiger partial charge in [0.15, 0.2) is 0 Å². The van der Waals surface area contributed by atoms with E-state index in [2.05, 4.69) is 16.0 Å². The average molecular weight is 694 g/mol. The van der Waals surface area contributed by atoms with E-state index < -0.39 is 28.9 Å². The van der Waals surface area contributed by atoms with Crippen LogP contribution < -0.4 is 16.0 Å². The van der Waals surface area contributed by atoms with Crippen molar-refractivity contribution in [3.8, 4) is 11.1 Å². The number of amides is 3. The van der Waals surface area contributed by atoms with Crippen LogP contribution in [0.3, 0.4) is 0 Å². The molecule has 3 amide bonds. The van der Waals surface area contributed by atoms with Crippen molar-refractivity contribution in [3.63, 3.8) is 0 Å². The summed E-state index contributed by atoms with van der Waals surface area (Å²) < 4.78 is 19.5. The maximum Gasteiger partial charge on any atom is 0.341 e. The first-order chi connectivity index (χ1) is 23.6. The van der Waals surface area contributed by atoms with Crippen LogP contribution in [0.4, 0.5) is 15.1 Å². The third-order valence-corrected chi connectivity index (χ3v) is 9.28. The predicted molar refractivity (Wildman–Crippen MR) is 193 cm³/mol. The Balaban J connectivity index is 1.30. The van der Waals surface area contributed by atoms with Gasteiger partial charge in [-0.15, -0.1) is 23.1 Å². The number of halogens is 1. The second-order valence-corrected chi connectivity index (χ2v) is 13.1. The molecule has 1 atom stereocenters. The standard InChI is InChI=1S/C38H32FN3O5S2/c1-23-16-18-25(19-17-23)30-22-48-37(33(30)38(46)47-3)42-34(43)24(2)49-29-14-9-13-28(21-29)40-36(45)32(20-27-12-7-8-15-31(27)39)41-35(44)26-10-5-4-6-11-26/h4-22,24H,1-3H3,(H,40,45)(H,41,44)(H,42,43)/b32-20-. The van der Waals surface area contributed by atoms with Crippen molar-refractivity contribution in [1.29, 1.82) is 0 Å². The Hall–Kier alpha value is -5.52. The van der Waals surface area contributed by atoms with Gasteiger partial charge in [0.1, 0.15) is 22.1 Å². The summed E-state index contributed by atoms with van der Waals surface area (Å²) in [4.78, 5) is 53.1. The van der Waals surface area contributed by atoms with E-state index in [0.717, 1.165) is 11.1 Å². The van der Waals surface area contributed by atoms with Gasteiger partial charge in [-0.25, -0.2) is 9.18 Å². The van der Waals surface area contributed by atoms with Crippen LogP contribution in [0, 0.1) is 12.7 Å². The highest BCUT2D eigenvalue weighted by Crippen LogP contribution is 2.37. The number of aryl methyl sites for hydroxylation is 1. The van der Waals surface area contributed by atoms with E-state index in [1.807, 2.05) is 36.6 Å². The highest BCUT2D eigenvalue weighted by Gasteiger charge is 2.24. The van der Waals surface area contributed by atoms with Crippen LogP contribution in [0.5, 0.6) is 0 Å². The van der Waals surface area contributed by atoms with E-state index in [-0.39, 0.29) is 22.7 Å². The molecule has 248 valence electrons. The molecule has 49 heavy (non-hydrogen) atoms. The van der Waals surface area contributed by atoms with E-state index in [0.29, 0.717) is 26.7 Å². The number of thioether (sulfide) groups is 1. The van der Waals surface area contributed by atoms with E-state index in [1.165, 1.54) is 54.5 Å². The molecule has 5 aromatic rings. The first-order valence-corrected chi connectivity index (χ1v) is 16.9. The summed E-state index contributed by atoms with van der Waals surface area (Å²) in [5.74, 6) is -2.65. The summed E-state index contributed by atoms with van der Waals surface area (Å²) in [6, 6.07) is 28.8. The Labute approximate surface area is 291 Å². The van der Waals surface area contributed by atoms with Gasteiger partial charge in [0.25, 0.3) is 11.8 Å². The number of anilines is 2. The van der Waals surface area contributed by atoms with Crippen LogP contribution in [-0.4, -0.2) is 36.1 Å². The molecule has 0 saturated heterocycles. The Bertz CT molecular complexity index is 2030. The van der Waals surface area contributed by atoms with Gasteiger partial charge >= 0.3 is 5.97 Å². The second-order valence-electron chi connectivity index (χ2n) is 10.8. The minimum atomic E-state index is -0.669. The van der Waals surface area contributed by atoms with Gasteiger partial charge < -0.3 is 20.7 Å². The summed E-state index contributed by atoms with van der Waals surface area (Å²) in [6.07, 6.45) is 1.27. The molecule has 3 N–H and O–H groups in total. The SMILES string of the molecule is COC(=O)c1c(-c2ccc(C)cc2)csc1NC(=O)C(C)Sc1cccc(NC(=O)/C(=C/c2ccccc2F)NC(=O)c2ccccc2)c1. The van der Waals surface area contributed by atoms with Gasteiger partial charge in [-0.1, -0.05) is 72.3 Å². The number of thiophene rings is 1. The van der Waals surface area contributed by atoms with Crippen LogP contribution in [0.1, 0.15) is 38.8 Å². The molecule has 5 rings (SSSR count). The summed E-state index contributed by atoms with van der Waals surface area (Å²) in [5.41, 5.74) is 3.54. The van der Waals surface area contributed by atoms with Gasteiger partial charge in [-0.05, 0) is 61.9 Å². The van der Waals surface area contributed by atoms with Crippen molar-refractivity contribution in [2.45, 2.75) is 24.0 Å². The molecule has 11 heteroatoms. The summed E-state index contributed by atoms with van der Waals surface area (Å²) in [5, 5.41) is 9.84. The third kappa shape index (κ3) is 8.89. The molecule has 1 heterocycles. The first kappa shape index (κ1) is 34.8. The molecule has 0 saturated carbocycles. The first-order valence-electron chi connectivity index (χ1n) is 15.1. The van der Waals surface area contributed by atoms with Crippen LogP contribution in [0.2, 0.25) is 0 Å². The Morgan fingerprint density at radius 3 is 2.31 bits per heavy atom. The summed E-state index contributed by atoms with van der Waals surface area (Å²) >= 11 is 2.49. The molecule has 0 bridgehead atoms. The van der Waals surface area contributed by atoms with Crippen molar-refractivity contribution in [3.05, 3.63) is 142 Å². The molecule has 0 fully saturated rings. The lowest BCUT2D eigenvalue weighted by molar-refractivity contribution is -0.115. The smallest absolute Gasteiger partial charge is 0.341 e. The Morgan fingerprint density at radius 2 is 1.59 bits per heavy atom. The van der Waals surface area contributed by atoms with Crippen LogP contribution >= 0.6 is 23.1 Å². The van der Waals surface area contributed by atoms with Crippen molar-refractivity contribution in [2.75, 3.05) is 17.7 Å². The number of benzene rings is 4. The summed E-state index contributed by atoms with van der Waals surface area (Å²) in [7, 11) is 1.30. The number of methoxy groups -OCH3 is 1. The number of esters is 1. The highest BCUT2D eigenvalue weighted by atomic mass is 32.2. The minimum Gasteiger partial charge on any atom is -0.465 e. The Kier molecular flexibility index (Phi) is 11.4. The lowest BCUT2D eigenvalue weighted by atomic mass is 10.0. The van der Waals surface area contributed by atoms with E-state index in [4.69, 9.17) is 4.74 Å². The fraction of sp³-hybridized carbons (Fsp3) is 0.105. The van der Waals surface area contributed by atoms with E-state index >= 15 is 0 Å². The molecule has 1 aromatic heterocycles. The molecule has 1 unspecified atom stereocenters. The minimum absolute atomic E-state index is 0.122. The number of hydrogen-bond acceptors (Lipinski definition) is 7. The maximum absolute atomic E-state index is 14.5. The van der Waals surface area contributed by atoms with Gasteiger partial charge in [-0.3, -0.25) is 14.4 Å². The Morgan fingerprint density at radius 1 is 0.878 bits per heavy atom. The molecule has 8 nitrogen and oxygen atoms in total. The highest BCUT2D eigenvalue weighted by molar-refractivity contribution is 8.00. The second kappa shape index (κ2) is 16.1. The number of hydrogen-bond donors (Lipinski definition) is 3. The van der Waals surface area contributed by atoms with Crippen molar-refractivity contribution in [1.82, 2.24) is 5.32 Å². The van der Waals surface area contributed by atoms with Gasteiger partial charge in [-0.2, -0.15) is 0 Å². The molecule has 4 aromatic carbocycles. The van der Waals surface area contributed by atoms with Crippen molar-refractivity contribution in [2.24, 2.45) is 0 Å². The molecular formula is C38H32FN3O5S2. The lowest BCUT2D eigenvalue weighted by Gasteiger charge is -2.14. The molecule has 0 aliphatic heterocycles. The van der Waals surface area contributed by atoms with Gasteiger partial charge in [0.2, 0.25) is 5.91 Å². The van der Waals surface area contributed by atoms with Crippen LogP contribution in [0.25, 0.3) is 17.2 Å². The molecular weight excluding hydrogens is 662 g/mol. The van der Waals surface area contributed by atoms with Crippen LogP contribution in [-0.2, 0) is 14.3 Å². The third-order valence-electron chi connectivity index (χ3n) is 7.29. The zero-order chi connectivity index (χ0) is 34.9. The number of carbonyl (C=O) groups is 4. The van der Waals surface area contributed by atoms with Crippen LogP contribution in [0.15, 0.2) is 119 Å². The normalized spacial score (nSPS) is 11.7. The fourth-order valence-corrected chi connectivity index (χ4v) is 6.59. The largest absolute Gasteiger partial charge is 0.465 e.